The van der Waals surface area contributed by atoms with E-state index in [9.17, 15) is 4.79 Å². The van der Waals surface area contributed by atoms with Gasteiger partial charge >= 0.3 is 0 Å². The zero-order valence-electron chi connectivity index (χ0n) is 20.3. The highest BCUT2D eigenvalue weighted by molar-refractivity contribution is 9.10. The number of carbonyl (C=O) groups excluding carboxylic acids is 1. The summed E-state index contributed by atoms with van der Waals surface area (Å²) in [4.78, 5) is 13.4. The van der Waals surface area contributed by atoms with Crippen molar-refractivity contribution in [1.82, 2.24) is 5.32 Å². The Morgan fingerprint density at radius 1 is 1.11 bits per heavy atom. The molecule has 0 bridgehead atoms. The Hall–Kier alpha value is -2.93. The lowest BCUT2D eigenvalue weighted by molar-refractivity contribution is -0.133. The van der Waals surface area contributed by atoms with Crippen LogP contribution in [0, 0.1) is 24.2 Å². The number of terminal acetylenes is 1. The maximum atomic E-state index is 13.4. The van der Waals surface area contributed by atoms with E-state index in [0.29, 0.717) is 18.1 Å². The number of methoxy groups -OCH3 is 1. The summed E-state index contributed by atoms with van der Waals surface area (Å²) < 4.78 is 18.1. The molecule has 0 spiro atoms. The summed E-state index contributed by atoms with van der Waals surface area (Å²) >= 11 is 3.44. The lowest BCUT2D eigenvalue weighted by Crippen LogP contribution is -2.43. The van der Waals surface area contributed by atoms with Gasteiger partial charge in [0.15, 0.2) is 17.6 Å². The first kappa shape index (κ1) is 26.7. The van der Waals surface area contributed by atoms with Gasteiger partial charge in [0.2, 0.25) is 0 Å². The molecule has 1 aliphatic rings. The van der Waals surface area contributed by atoms with Crippen molar-refractivity contribution < 1.29 is 19.0 Å². The van der Waals surface area contributed by atoms with Crippen molar-refractivity contribution >= 4 is 21.8 Å². The molecule has 2 aromatic rings. The van der Waals surface area contributed by atoms with Crippen molar-refractivity contribution in [2.75, 3.05) is 20.3 Å². The Labute approximate surface area is 217 Å². The predicted molar refractivity (Wildman–Crippen MR) is 141 cm³/mol. The molecule has 1 amide bonds. The number of benzene rings is 2. The summed E-state index contributed by atoms with van der Waals surface area (Å²) in [5, 5.41) is 3.26. The second-order valence-corrected chi connectivity index (χ2v) is 9.27. The summed E-state index contributed by atoms with van der Waals surface area (Å²) in [5.41, 5.74) is 1.88. The van der Waals surface area contributed by atoms with E-state index in [-0.39, 0.29) is 24.5 Å². The third-order valence-corrected chi connectivity index (χ3v) is 6.58. The second-order valence-electron chi connectivity index (χ2n) is 8.36. The third-order valence-electron chi connectivity index (χ3n) is 6.06. The van der Waals surface area contributed by atoms with Crippen LogP contribution in [0.25, 0.3) is 0 Å². The zero-order valence-corrected chi connectivity index (χ0v) is 21.9. The quantitative estimate of drug-likeness (QED) is 0.411. The molecule has 184 valence electrons. The SMILES string of the molecule is C#CCOC(C(=O)N[C@@H]1CCCC[C@H]1c1ccc(OCC#CCC)c(OC)c1)c1ccc(Br)cc1. The summed E-state index contributed by atoms with van der Waals surface area (Å²) in [5.74, 6) is 9.76. The Morgan fingerprint density at radius 3 is 2.60 bits per heavy atom. The molecule has 35 heavy (non-hydrogen) atoms. The van der Waals surface area contributed by atoms with Gasteiger partial charge in [-0.05, 0) is 48.2 Å². The van der Waals surface area contributed by atoms with E-state index in [2.05, 4.69) is 45.1 Å². The van der Waals surface area contributed by atoms with Crippen LogP contribution in [-0.4, -0.2) is 32.3 Å². The lowest BCUT2D eigenvalue weighted by atomic mass is 9.79. The highest BCUT2D eigenvalue weighted by Crippen LogP contribution is 2.38. The fourth-order valence-corrected chi connectivity index (χ4v) is 4.64. The monoisotopic (exact) mass is 537 g/mol. The molecular formula is C29H32BrNO4. The number of amides is 1. The minimum atomic E-state index is -0.767. The van der Waals surface area contributed by atoms with Crippen LogP contribution >= 0.6 is 15.9 Å². The molecule has 0 heterocycles. The van der Waals surface area contributed by atoms with Gasteiger partial charge in [-0.15, -0.1) is 12.3 Å². The van der Waals surface area contributed by atoms with Gasteiger partial charge in [-0.1, -0.05) is 65.7 Å². The molecule has 5 nitrogen and oxygen atoms in total. The Bertz CT molecular complexity index is 1080. The van der Waals surface area contributed by atoms with Crippen LogP contribution < -0.4 is 14.8 Å². The first-order valence-electron chi connectivity index (χ1n) is 11.9. The van der Waals surface area contributed by atoms with E-state index in [0.717, 1.165) is 47.7 Å². The molecule has 0 aliphatic heterocycles. The zero-order chi connectivity index (χ0) is 25.0. The van der Waals surface area contributed by atoms with Crippen molar-refractivity contribution in [1.29, 1.82) is 0 Å². The summed E-state index contributed by atoms with van der Waals surface area (Å²) in [7, 11) is 1.63. The van der Waals surface area contributed by atoms with E-state index in [4.69, 9.17) is 20.6 Å². The first-order valence-corrected chi connectivity index (χ1v) is 12.7. The van der Waals surface area contributed by atoms with Gasteiger partial charge in [-0.25, -0.2) is 0 Å². The molecule has 0 aromatic heterocycles. The standard InChI is InChI=1S/C29H32BrNO4/c1-4-6-9-19-34-26-17-14-22(20-27(26)33-3)24-10-7-8-11-25(24)31-29(32)28(35-18-5-2)21-12-15-23(30)16-13-21/h2,12-17,20,24-25,28H,4,7-8,10-11,18-19H2,1,3H3,(H,31,32)/t24-,25+,28?/m0/s1. The highest BCUT2D eigenvalue weighted by atomic mass is 79.9. The summed E-state index contributed by atoms with van der Waals surface area (Å²) in [6.45, 7) is 2.38. The molecule has 0 radical (unpaired) electrons. The van der Waals surface area contributed by atoms with Crippen LogP contribution in [0.15, 0.2) is 46.9 Å². The number of carbonyl (C=O) groups is 1. The lowest BCUT2D eigenvalue weighted by Gasteiger charge is -2.34. The predicted octanol–water partition coefficient (Wildman–Crippen LogP) is 5.78. The van der Waals surface area contributed by atoms with Crippen LogP contribution in [0.2, 0.25) is 0 Å². The van der Waals surface area contributed by atoms with Crippen molar-refractivity contribution in [3.8, 4) is 35.7 Å². The van der Waals surface area contributed by atoms with Gasteiger partial charge in [0.05, 0.1) is 7.11 Å². The average molecular weight is 538 g/mol. The first-order chi connectivity index (χ1) is 17.1. The minimum absolute atomic E-state index is 0.0180. The van der Waals surface area contributed by atoms with Gasteiger partial charge < -0.3 is 19.5 Å². The van der Waals surface area contributed by atoms with E-state index in [1.54, 1.807) is 7.11 Å². The molecule has 1 aliphatic carbocycles. The molecular weight excluding hydrogens is 506 g/mol. The van der Waals surface area contributed by atoms with E-state index >= 15 is 0 Å². The van der Waals surface area contributed by atoms with Gasteiger partial charge in [-0.2, -0.15) is 0 Å². The van der Waals surface area contributed by atoms with Gasteiger partial charge in [0, 0.05) is 22.9 Å². The topological polar surface area (TPSA) is 56.8 Å². The number of hydrogen-bond acceptors (Lipinski definition) is 4. The van der Waals surface area contributed by atoms with Crippen molar-refractivity contribution in [3.63, 3.8) is 0 Å². The normalized spacial score (nSPS) is 17.9. The molecule has 2 aromatic carbocycles. The molecule has 0 saturated heterocycles. The molecule has 1 unspecified atom stereocenters. The van der Waals surface area contributed by atoms with E-state index < -0.39 is 6.10 Å². The number of halogens is 1. The van der Waals surface area contributed by atoms with Gasteiger partial charge in [-0.3, -0.25) is 4.79 Å². The average Bonchev–Trinajstić information content (AvgIpc) is 2.88. The molecule has 1 saturated carbocycles. The molecule has 1 N–H and O–H groups in total. The summed E-state index contributed by atoms with van der Waals surface area (Å²) in [6.07, 6.45) is 9.47. The van der Waals surface area contributed by atoms with Crippen LogP contribution in [-0.2, 0) is 9.53 Å². The highest BCUT2D eigenvalue weighted by Gasteiger charge is 2.31. The maximum Gasteiger partial charge on any atom is 0.254 e. The van der Waals surface area contributed by atoms with E-state index in [1.165, 1.54) is 0 Å². The number of nitrogens with one attached hydrogen (secondary N) is 1. The van der Waals surface area contributed by atoms with Crippen LogP contribution in [0.3, 0.4) is 0 Å². The molecule has 3 atom stereocenters. The van der Waals surface area contributed by atoms with Crippen molar-refractivity contribution in [2.45, 2.75) is 57.1 Å². The Kier molecular flexibility index (Phi) is 10.5. The minimum Gasteiger partial charge on any atom is -0.493 e. The second kappa shape index (κ2) is 13.8. The van der Waals surface area contributed by atoms with Gasteiger partial charge in [0.1, 0.15) is 13.2 Å². The summed E-state index contributed by atoms with van der Waals surface area (Å²) in [6, 6.07) is 13.5. The van der Waals surface area contributed by atoms with Crippen LogP contribution in [0.5, 0.6) is 11.5 Å². The Balaban J connectivity index is 1.77. The number of ether oxygens (including phenoxy) is 3. The van der Waals surface area contributed by atoms with Gasteiger partial charge in [0.25, 0.3) is 5.91 Å². The molecule has 3 rings (SSSR count). The largest absolute Gasteiger partial charge is 0.493 e. The van der Waals surface area contributed by atoms with Crippen LogP contribution in [0.1, 0.15) is 62.2 Å². The molecule has 1 fully saturated rings. The fraction of sp³-hybridized carbons (Fsp3) is 0.414. The molecule has 6 heteroatoms. The van der Waals surface area contributed by atoms with Crippen molar-refractivity contribution in [2.24, 2.45) is 0 Å². The fourth-order valence-electron chi connectivity index (χ4n) is 4.38. The maximum absolute atomic E-state index is 13.4. The third kappa shape index (κ3) is 7.52. The van der Waals surface area contributed by atoms with Crippen molar-refractivity contribution in [3.05, 3.63) is 58.1 Å². The Morgan fingerprint density at radius 2 is 1.89 bits per heavy atom. The number of rotatable bonds is 9. The smallest absolute Gasteiger partial charge is 0.254 e. The van der Waals surface area contributed by atoms with E-state index in [1.807, 2.05) is 43.3 Å². The van der Waals surface area contributed by atoms with Crippen LogP contribution in [0.4, 0.5) is 0 Å². The number of hydrogen-bond donors (Lipinski definition) is 1.